The minimum Gasteiger partial charge on any atom is -0.493 e. The van der Waals surface area contributed by atoms with Gasteiger partial charge in [-0.1, -0.05) is 22.0 Å². The standard InChI is InChI=1S/C12H12BrF3O2S/c1-3-18-9-5-4-8(11(13)7(2)17)6-10(9)19-12(14,15)16/h4-6,11H,3H2,1-2H3. The molecule has 0 radical (unpaired) electrons. The molecule has 0 amide bonds. The van der Waals surface area contributed by atoms with Crippen molar-refractivity contribution in [2.45, 2.75) is 29.1 Å². The molecule has 0 saturated heterocycles. The van der Waals surface area contributed by atoms with Crippen LogP contribution in [0.3, 0.4) is 0 Å². The Bertz CT molecular complexity index is 463. The zero-order valence-electron chi connectivity index (χ0n) is 10.3. The minimum atomic E-state index is -4.40. The van der Waals surface area contributed by atoms with Crippen molar-refractivity contribution in [3.63, 3.8) is 0 Å². The maximum absolute atomic E-state index is 12.5. The van der Waals surface area contributed by atoms with Crippen LogP contribution in [0.25, 0.3) is 0 Å². The second-order valence-corrected chi connectivity index (χ2v) is 5.68. The molecule has 106 valence electrons. The largest absolute Gasteiger partial charge is 0.493 e. The molecule has 19 heavy (non-hydrogen) atoms. The Kier molecular flexibility index (Phi) is 5.73. The molecular weight excluding hydrogens is 345 g/mol. The third-order valence-corrected chi connectivity index (χ3v) is 4.09. The molecule has 1 unspecified atom stereocenters. The van der Waals surface area contributed by atoms with Crippen molar-refractivity contribution in [2.75, 3.05) is 6.61 Å². The first-order valence-corrected chi connectivity index (χ1v) is 7.14. The van der Waals surface area contributed by atoms with E-state index in [1.165, 1.54) is 19.1 Å². The van der Waals surface area contributed by atoms with Gasteiger partial charge in [0.25, 0.3) is 0 Å². The monoisotopic (exact) mass is 356 g/mol. The Morgan fingerprint density at radius 1 is 1.47 bits per heavy atom. The Labute approximate surface area is 121 Å². The first-order valence-electron chi connectivity index (χ1n) is 5.41. The van der Waals surface area contributed by atoms with Gasteiger partial charge < -0.3 is 4.74 Å². The average Bonchev–Trinajstić information content (AvgIpc) is 2.28. The third-order valence-electron chi connectivity index (χ3n) is 2.14. The second-order valence-electron chi connectivity index (χ2n) is 3.66. The van der Waals surface area contributed by atoms with Crippen LogP contribution in [0, 0.1) is 0 Å². The van der Waals surface area contributed by atoms with E-state index < -0.39 is 10.3 Å². The van der Waals surface area contributed by atoms with Crippen molar-refractivity contribution in [3.8, 4) is 5.75 Å². The summed E-state index contributed by atoms with van der Waals surface area (Å²) >= 11 is 2.90. The SMILES string of the molecule is CCOc1ccc(C(Br)C(C)=O)cc1SC(F)(F)F. The molecule has 1 atom stereocenters. The first kappa shape index (κ1) is 16.4. The minimum absolute atomic E-state index is 0.0439. The number of benzene rings is 1. The van der Waals surface area contributed by atoms with Crippen LogP contribution in [0.2, 0.25) is 0 Å². The Balaban J connectivity index is 3.14. The maximum Gasteiger partial charge on any atom is 0.446 e. The third kappa shape index (κ3) is 5.06. The second kappa shape index (κ2) is 6.65. The van der Waals surface area contributed by atoms with Gasteiger partial charge >= 0.3 is 5.51 Å². The van der Waals surface area contributed by atoms with Gasteiger partial charge in [-0.3, -0.25) is 4.79 Å². The molecule has 0 N–H and O–H groups in total. The Morgan fingerprint density at radius 2 is 2.11 bits per heavy atom. The van der Waals surface area contributed by atoms with Crippen LogP contribution < -0.4 is 4.74 Å². The zero-order chi connectivity index (χ0) is 14.6. The van der Waals surface area contributed by atoms with Crippen LogP contribution in [0.5, 0.6) is 5.75 Å². The number of ketones is 1. The van der Waals surface area contributed by atoms with Crippen LogP contribution in [-0.4, -0.2) is 17.9 Å². The molecule has 0 saturated carbocycles. The molecular formula is C12H12BrF3O2S. The smallest absolute Gasteiger partial charge is 0.446 e. The van der Waals surface area contributed by atoms with Gasteiger partial charge in [-0.25, -0.2) is 0 Å². The van der Waals surface area contributed by atoms with E-state index in [2.05, 4.69) is 15.9 Å². The van der Waals surface area contributed by atoms with Crippen LogP contribution >= 0.6 is 27.7 Å². The molecule has 0 aromatic heterocycles. The summed E-state index contributed by atoms with van der Waals surface area (Å²) in [5, 5.41) is 0. The number of hydrogen-bond donors (Lipinski definition) is 0. The highest BCUT2D eigenvalue weighted by atomic mass is 79.9. The van der Waals surface area contributed by atoms with E-state index in [0.29, 0.717) is 5.56 Å². The average molecular weight is 357 g/mol. The van der Waals surface area contributed by atoms with Gasteiger partial charge in [-0.05, 0) is 43.3 Å². The van der Waals surface area contributed by atoms with E-state index in [0.717, 1.165) is 0 Å². The van der Waals surface area contributed by atoms with Crippen molar-refractivity contribution in [2.24, 2.45) is 0 Å². The zero-order valence-corrected chi connectivity index (χ0v) is 12.7. The highest BCUT2D eigenvalue weighted by molar-refractivity contribution is 9.09. The van der Waals surface area contributed by atoms with Crippen LogP contribution in [-0.2, 0) is 4.79 Å². The molecule has 0 heterocycles. The number of alkyl halides is 4. The fourth-order valence-corrected chi connectivity index (χ4v) is 2.35. The molecule has 0 aliphatic rings. The summed E-state index contributed by atoms with van der Waals surface area (Å²) < 4.78 is 42.6. The van der Waals surface area contributed by atoms with Crippen molar-refractivity contribution in [1.82, 2.24) is 0 Å². The number of ether oxygens (including phenoxy) is 1. The highest BCUT2D eigenvalue weighted by Gasteiger charge is 2.31. The molecule has 0 spiro atoms. The summed E-state index contributed by atoms with van der Waals surface area (Å²) in [5.41, 5.74) is -3.93. The van der Waals surface area contributed by atoms with E-state index in [1.54, 1.807) is 13.0 Å². The molecule has 0 aliphatic carbocycles. The fourth-order valence-electron chi connectivity index (χ4n) is 1.40. The summed E-state index contributed by atoms with van der Waals surface area (Å²) in [6.07, 6.45) is 0. The summed E-state index contributed by atoms with van der Waals surface area (Å²) in [7, 11) is 0. The Hall–Kier alpha value is -0.690. The van der Waals surface area contributed by atoms with Crippen molar-refractivity contribution >= 4 is 33.5 Å². The number of rotatable bonds is 5. The van der Waals surface area contributed by atoms with Crippen LogP contribution in [0.4, 0.5) is 13.2 Å². The topological polar surface area (TPSA) is 26.3 Å². The maximum atomic E-state index is 12.5. The number of carbonyl (C=O) groups excluding carboxylic acids is 1. The number of thioether (sulfide) groups is 1. The molecule has 7 heteroatoms. The summed E-state index contributed by atoms with van der Waals surface area (Å²) in [4.78, 5) is 10.6. The normalized spacial score (nSPS) is 13.2. The number of hydrogen-bond acceptors (Lipinski definition) is 3. The predicted octanol–water partition coefficient (Wildman–Crippen LogP) is 4.72. The molecule has 0 bridgehead atoms. The molecule has 1 aromatic rings. The summed E-state index contributed by atoms with van der Waals surface area (Å²) in [6, 6.07) is 4.35. The molecule has 1 rings (SSSR count). The molecule has 0 fully saturated rings. The lowest BCUT2D eigenvalue weighted by Crippen LogP contribution is -2.05. The van der Waals surface area contributed by atoms with E-state index in [4.69, 9.17) is 4.74 Å². The van der Waals surface area contributed by atoms with Gasteiger partial charge in [0.15, 0.2) is 0 Å². The van der Waals surface area contributed by atoms with E-state index in [9.17, 15) is 18.0 Å². The lowest BCUT2D eigenvalue weighted by Gasteiger charge is -2.14. The molecule has 0 aliphatic heterocycles. The molecule has 2 nitrogen and oxygen atoms in total. The lowest BCUT2D eigenvalue weighted by molar-refractivity contribution is -0.116. The lowest BCUT2D eigenvalue weighted by atomic mass is 10.1. The van der Waals surface area contributed by atoms with Crippen LogP contribution in [0.15, 0.2) is 23.1 Å². The van der Waals surface area contributed by atoms with E-state index in [-0.39, 0.29) is 34.8 Å². The Morgan fingerprint density at radius 3 is 2.58 bits per heavy atom. The molecule has 1 aromatic carbocycles. The van der Waals surface area contributed by atoms with Gasteiger partial charge in [-0.2, -0.15) is 13.2 Å². The van der Waals surface area contributed by atoms with Crippen molar-refractivity contribution in [1.29, 1.82) is 0 Å². The van der Waals surface area contributed by atoms with Gasteiger partial charge in [0.1, 0.15) is 11.5 Å². The first-order chi connectivity index (χ1) is 8.74. The highest BCUT2D eigenvalue weighted by Crippen LogP contribution is 2.43. The van der Waals surface area contributed by atoms with Gasteiger partial charge in [0.2, 0.25) is 0 Å². The van der Waals surface area contributed by atoms with Gasteiger partial charge in [0.05, 0.1) is 16.3 Å². The van der Waals surface area contributed by atoms with E-state index >= 15 is 0 Å². The number of halogens is 4. The fraction of sp³-hybridized carbons (Fsp3) is 0.417. The number of Topliss-reactive ketones (excluding diaryl/α,β-unsaturated/α-hetero) is 1. The van der Waals surface area contributed by atoms with E-state index in [1.807, 2.05) is 0 Å². The van der Waals surface area contributed by atoms with Crippen LogP contribution in [0.1, 0.15) is 24.2 Å². The quantitative estimate of drug-likeness (QED) is 0.563. The number of carbonyl (C=O) groups is 1. The van der Waals surface area contributed by atoms with Gasteiger partial charge in [-0.15, -0.1) is 0 Å². The summed E-state index contributed by atoms with van der Waals surface area (Å²) in [5.74, 6) is -0.0102. The van der Waals surface area contributed by atoms with Gasteiger partial charge in [0, 0.05) is 0 Å². The van der Waals surface area contributed by atoms with Crippen molar-refractivity contribution < 1.29 is 22.7 Å². The predicted molar refractivity (Wildman–Crippen MR) is 71.9 cm³/mol. The van der Waals surface area contributed by atoms with Crippen molar-refractivity contribution in [3.05, 3.63) is 23.8 Å². The summed E-state index contributed by atoms with van der Waals surface area (Å²) in [6.45, 7) is 3.33.